The normalized spacial score (nSPS) is 20.7. The summed E-state index contributed by atoms with van der Waals surface area (Å²) >= 11 is 0. The Morgan fingerprint density at radius 2 is 2.07 bits per heavy atom. The van der Waals surface area contributed by atoms with Crippen LogP contribution in [-0.2, 0) is 27.3 Å². The van der Waals surface area contributed by atoms with Gasteiger partial charge in [-0.3, -0.25) is 19.5 Å². The van der Waals surface area contributed by atoms with Crippen LogP contribution in [0.5, 0.6) is 0 Å². The molecule has 1 atom stereocenters. The monoisotopic (exact) mass is 402 g/mol. The first-order valence-corrected chi connectivity index (χ1v) is 10.8. The van der Waals surface area contributed by atoms with Crippen molar-refractivity contribution in [2.24, 2.45) is 5.92 Å². The molecule has 2 aliphatic heterocycles. The van der Waals surface area contributed by atoms with Crippen LogP contribution in [0.3, 0.4) is 0 Å². The smallest absolute Gasteiger partial charge is 0.227 e. The molecule has 2 saturated heterocycles. The summed E-state index contributed by atoms with van der Waals surface area (Å²) in [6, 6.07) is 4.06. The van der Waals surface area contributed by atoms with E-state index in [1.165, 1.54) is 5.56 Å². The highest BCUT2D eigenvalue weighted by molar-refractivity contribution is 5.83. The molecule has 0 aromatic carbocycles. The van der Waals surface area contributed by atoms with E-state index in [9.17, 15) is 9.59 Å². The molecule has 7 nitrogen and oxygen atoms in total. The van der Waals surface area contributed by atoms with Crippen LogP contribution in [0.1, 0.15) is 37.4 Å². The van der Waals surface area contributed by atoms with Gasteiger partial charge in [0.15, 0.2) is 0 Å². The molecule has 7 heteroatoms. The van der Waals surface area contributed by atoms with Crippen LogP contribution < -0.4 is 0 Å². The maximum atomic E-state index is 12.9. The SMILES string of the molecule is CCc1ccc(CN(C)C(=O)C2CCC(=O)N(CCCN3CCOCC3)C2)nc1. The molecule has 1 aromatic rings. The quantitative estimate of drug-likeness (QED) is 0.660. The zero-order valence-electron chi connectivity index (χ0n) is 17.8. The van der Waals surface area contributed by atoms with Gasteiger partial charge in [-0.15, -0.1) is 0 Å². The maximum absolute atomic E-state index is 12.9. The molecule has 2 aliphatic rings. The van der Waals surface area contributed by atoms with Gasteiger partial charge >= 0.3 is 0 Å². The molecule has 2 amide bonds. The minimum Gasteiger partial charge on any atom is -0.379 e. The minimum absolute atomic E-state index is 0.108. The Labute approximate surface area is 174 Å². The Balaban J connectivity index is 1.47. The highest BCUT2D eigenvalue weighted by Gasteiger charge is 2.31. The molecule has 3 heterocycles. The van der Waals surface area contributed by atoms with E-state index in [2.05, 4.69) is 22.9 Å². The fourth-order valence-electron chi connectivity index (χ4n) is 4.03. The van der Waals surface area contributed by atoms with Gasteiger partial charge in [-0.2, -0.15) is 0 Å². The fourth-order valence-corrected chi connectivity index (χ4v) is 4.03. The molecule has 29 heavy (non-hydrogen) atoms. The van der Waals surface area contributed by atoms with Gasteiger partial charge in [0, 0.05) is 52.4 Å². The number of hydrogen-bond donors (Lipinski definition) is 0. The first kappa shape index (κ1) is 21.7. The number of hydrogen-bond acceptors (Lipinski definition) is 5. The van der Waals surface area contributed by atoms with Crippen molar-refractivity contribution < 1.29 is 14.3 Å². The van der Waals surface area contributed by atoms with Crippen molar-refractivity contribution >= 4 is 11.8 Å². The molecule has 0 spiro atoms. The summed E-state index contributed by atoms with van der Waals surface area (Å²) in [5.41, 5.74) is 2.09. The van der Waals surface area contributed by atoms with Crippen molar-refractivity contribution in [3.8, 4) is 0 Å². The van der Waals surface area contributed by atoms with Crippen LogP contribution in [-0.4, -0.2) is 84.5 Å². The summed E-state index contributed by atoms with van der Waals surface area (Å²) in [6.07, 6.45) is 4.88. The Bertz CT molecular complexity index is 673. The number of pyridine rings is 1. The van der Waals surface area contributed by atoms with Gasteiger partial charge in [0.25, 0.3) is 0 Å². The molecule has 0 bridgehead atoms. The molecule has 0 N–H and O–H groups in total. The first-order chi connectivity index (χ1) is 14.1. The van der Waals surface area contributed by atoms with Crippen LogP contribution in [0.25, 0.3) is 0 Å². The summed E-state index contributed by atoms with van der Waals surface area (Å²) in [6.45, 7) is 8.36. The topological polar surface area (TPSA) is 66.0 Å². The molecular formula is C22H34N4O3. The Morgan fingerprint density at radius 3 is 2.76 bits per heavy atom. The van der Waals surface area contributed by atoms with E-state index in [1.54, 1.807) is 4.90 Å². The van der Waals surface area contributed by atoms with Gasteiger partial charge in [0.2, 0.25) is 11.8 Å². The van der Waals surface area contributed by atoms with Gasteiger partial charge in [0.05, 0.1) is 31.4 Å². The number of nitrogens with zero attached hydrogens (tertiary/aromatic N) is 4. The van der Waals surface area contributed by atoms with Gasteiger partial charge in [-0.25, -0.2) is 0 Å². The average molecular weight is 403 g/mol. The van der Waals surface area contributed by atoms with Crippen LogP contribution in [0, 0.1) is 5.92 Å². The number of piperidine rings is 1. The van der Waals surface area contributed by atoms with E-state index in [4.69, 9.17) is 4.74 Å². The third-order valence-corrected chi connectivity index (χ3v) is 5.93. The highest BCUT2D eigenvalue weighted by Crippen LogP contribution is 2.20. The molecule has 0 aliphatic carbocycles. The first-order valence-electron chi connectivity index (χ1n) is 10.8. The molecule has 2 fully saturated rings. The lowest BCUT2D eigenvalue weighted by atomic mass is 9.96. The fraction of sp³-hybridized carbons (Fsp3) is 0.682. The van der Waals surface area contributed by atoms with Crippen LogP contribution in [0.2, 0.25) is 0 Å². The van der Waals surface area contributed by atoms with Crippen molar-refractivity contribution in [1.29, 1.82) is 0 Å². The maximum Gasteiger partial charge on any atom is 0.227 e. The number of likely N-dealkylation sites (tertiary alicyclic amines) is 1. The number of carbonyl (C=O) groups excluding carboxylic acids is 2. The van der Waals surface area contributed by atoms with Gasteiger partial charge in [0.1, 0.15) is 0 Å². The second-order valence-electron chi connectivity index (χ2n) is 8.09. The Kier molecular flexibility index (Phi) is 8.00. The van der Waals surface area contributed by atoms with Crippen LogP contribution in [0.4, 0.5) is 0 Å². The summed E-state index contributed by atoms with van der Waals surface area (Å²) < 4.78 is 5.38. The van der Waals surface area contributed by atoms with E-state index >= 15 is 0 Å². The molecule has 160 valence electrons. The summed E-state index contributed by atoms with van der Waals surface area (Å²) in [4.78, 5) is 35.7. The lowest BCUT2D eigenvalue weighted by Gasteiger charge is -2.34. The number of carbonyl (C=O) groups is 2. The lowest BCUT2D eigenvalue weighted by Crippen LogP contribution is -2.47. The Morgan fingerprint density at radius 1 is 1.28 bits per heavy atom. The standard InChI is InChI=1S/C22H34N4O3/c1-3-18-5-7-20(23-15-18)17-24(2)22(28)19-6-8-21(27)26(16-19)10-4-9-25-11-13-29-14-12-25/h5,7,15,19H,3-4,6,8-14,16-17H2,1-2H3. The molecule has 0 saturated carbocycles. The highest BCUT2D eigenvalue weighted by atomic mass is 16.5. The van der Waals surface area contributed by atoms with Crippen molar-refractivity contribution in [2.75, 3.05) is 53.0 Å². The second kappa shape index (κ2) is 10.7. The molecule has 1 aromatic heterocycles. The van der Waals surface area contributed by atoms with Crippen molar-refractivity contribution in [2.45, 2.75) is 39.2 Å². The van der Waals surface area contributed by atoms with E-state index in [0.717, 1.165) is 57.9 Å². The molecule has 1 unspecified atom stereocenters. The third kappa shape index (κ3) is 6.24. The third-order valence-electron chi connectivity index (χ3n) is 5.93. The van der Waals surface area contributed by atoms with Gasteiger partial charge in [-0.1, -0.05) is 13.0 Å². The van der Waals surface area contributed by atoms with E-state index in [1.807, 2.05) is 24.2 Å². The van der Waals surface area contributed by atoms with Crippen LogP contribution in [0.15, 0.2) is 18.3 Å². The second-order valence-corrected chi connectivity index (χ2v) is 8.09. The lowest BCUT2D eigenvalue weighted by molar-refractivity contribution is -0.142. The summed E-state index contributed by atoms with van der Waals surface area (Å²) in [5, 5.41) is 0. The summed E-state index contributed by atoms with van der Waals surface area (Å²) in [5.74, 6) is 0.170. The molecule has 3 rings (SSSR count). The largest absolute Gasteiger partial charge is 0.379 e. The number of rotatable bonds is 8. The average Bonchev–Trinajstić information content (AvgIpc) is 2.76. The van der Waals surface area contributed by atoms with Crippen molar-refractivity contribution in [3.63, 3.8) is 0 Å². The minimum atomic E-state index is -0.115. The van der Waals surface area contributed by atoms with E-state index in [-0.39, 0.29) is 17.7 Å². The zero-order valence-corrected chi connectivity index (χ0v) is 17.8. The number of amides is 2. The molecule has 0 radical (unpaired) electrons. The predicted octanol–water partition coefficient (Wildman–Crippen LogP) is 1.56. The van der Waals surface area contributed by atoms with E-state index in [0.29, 0.717) is 25.9 Å². The predicted molar refractivity (Wildman–Crippen MR) is 111 cm³/mol. The van der Waals surface area contributed by atoms with Gasteiger partial charge < -0.3 is 14.5 Å². The van der Waals surface area contributed by atoms with Crippen molar-refractivity contribution in [1.82, 2.24) is 19.7 Å². The number of ether oxygens (including phenoxy) is 1. The number of morpholine rings is 1. The van der Waals surface area contributed by atoms with E-state index < -0.39 is 0 Å². The van der Waals surface area contributed by atoms with Crippen LogP contribution >= 0.6 is 0 Å². The Hall–Kier alpha value is -1.99. The van der Waals surface area contributed by atoms with Gasteiger partial charge in [-0.05, 0) is 30.9 Å². The number of aryl methyl sites for hydroxylation is 1. The summed E-state index contributed by atoms with van der Waals surface area (Å²) in [7, 11) is 1.83. The molecular weight excluding hydrogens is 368 g/mol. The number of aromatic nitrogens is 1. The van der Waals surface area contributed by atoms with Crippen molar-refractivity contribution in [3.05, 3.63) is 29.6 Å². The zero-order chi connectivity index (χ0) is 20.6.